The summed E-state index contributed by atoms with van der Waals surface area (Å²) in [5, 5.41) is 3.03. The van der Waals surface area contributed by atoms with Gasteiger partial charge in [-0.1, -0.05) is 103 Å². The molecular weight excluding hydrogens is 334 g/mol. The van der Waals surface area contributed by atoms with Crippen LogP contribution in [0.25, 0.3) is 0 Å². The molecule has 0 aromatic carbocycles. The van der Waals surface area contributed by atoms with Crippen LogP contribution in [0.5, 0.6) is 0 Å². The maximum absolute atomic E-state index is 11.8. The molecule has 0 radical (unpaired) electrons. The molecule has 27 heavy (non-hydrogen) atoms. The second-order valence-electron chi connectivity index (χ2n) is 8.07. The molecule has 0 saturated heterocycles. The Bertz CT molecular complexity index is 318. The summed E-state index contributed by atoms with van der Waals surface area (Å²) in [6.07, 6.45) is 25.4. The molecule has 0 saturated carbocycles. The average molecular weight is 382 g/mol. The minimum atomic E-state index is 0.221. The monoisotopic (exact) mass is 381 g/mol. The molecule has 1 N–H and O–H groups in total. The second kappa shape index (κ2) is 23.2. The lowest BCUT2D eigenvalue weighted by molar-refractivity contribution is -0.121. The van der Waals surface area contributed by atoms with Crippen LogP contribution in [0, 0.1) is 0 Å². The lowest BCUT2D eigenvalue weighted by Gasteiger charge is -2.05. The summed E-state index contributed by atoms with van der Waals surface area (Å²) in [5.41, 5.74) is 0. The predicted octanol–water partition coefficient (Wildman–Crippen LogP) is 7.12. The van der Waals surface area contributed by atoms with Crippen LogP contribution in [0.15, 0.2) is 0 Å². The summed E-state index contributed by atoms with van der Waals surface area (Å²) < 4.78 is 0. The molecule has 3 nitrogen and oxygen atoms in total. The van der Waals surface area contributed by atoms with E-state index >= 15 is 0 Å². The van der Waals surface area contributed by atoms with Gasteiger partial charge in [0.05, 0.1) is 0 Å². The van der Waals surface area contributed by atoms with Gasteiger partial charge in [0, 0.05) is 19.4 Å². The van der Waals surface area contributed by atoms with Gasteiger partial charge in [-0.25, -0.2) is 0 Å². The Morgan fingerprint density at radius 1 is 0.630 bits per heavy atom. The van der Waals surface area contributed by atoms with Gasteiger partial charge in [-0.3, -0.25) is 4.79 Å². The minimum absolute atomic E-state index is 0.221. The molecule has 0 spiro atoms. The first-order valence-corrected chi connectivity index (χ1v) is 12.0. The second-order valence-corrected chi connectivity index (χ2v) is 8.07. The van der Waals surface area contributed by atoms with Crippen LogP contribution in [-0.2, 0) is 9.59 Å². The highest BCUT2D eigenvalue weighted by Gasteiger charge is 2.00. The molecule has 0 unspecified atom stereocenters. The van der Waals surface area contributed by atoms with E-state index in [2.05, 4.69) is 12.2 Å². The molecule has 0 aromatic rings. The van der Waals surface area contributed by atoms with Crippen LogP contribution >= 0.6 is 0 Å². The van der Waals surface area contributed by atoms with Crippen LogP contribution in [0.3, 0.4) is 0 Å². The smallest absolute Gasteiger partial charge is 0.219 e. The van der Waals surface area contributed by atoms with E-state index in [0.717, 1.165) is 44.9 Å². The molecule has 0 aliphatic heterocycles. The number of rotatable bonds is 22. The first-order valence-electron chi connectivity index (χ1n) is 12.0. The fourth-order valence-corrected chi connectivity index (χ4v) is 3.50. The summed E-state index contributed by atoms with van der Waals surface area (Å²) in [6, 6.07) is 0. The quantitative estimate of drug-likeness (QED) is 0.160. The Labute approximate surface area is 169 Å². The van der Waals surface area contributed by atoms with Gasteiger partial charge in [-0.05, 0) is 19.3 Å². The third kappa shape index (κ3) is 23.1. The number of aldehydes is 1. The van der Waals surface area contributed by atoms with Crippen molar-refractivity contribution < 1.29 is 9.59 Å². The Kier molecular flexibility index (Phi) is 22.4. The first kappa shape index (κ1) is 26.1. The Morgan fingerprint density at radius 3 is 1.59 bits per heavy atom. The summed E-state index contributed by atoms with van der Waals surface area (Å²) in [7, 11) is 0. The van der Waals surface area contributed by atoms with Gasteiger partial charge in [-0.2, -0.15) is 0 Å². The van der Waals surface area contributed by atoms with Crippen molar-refractivity contribution in [2.45, 2.75) is 135 Å². The average Bonchev–Trinajstić information content (AvgIpc) is 2.67. The number of nitrogens with one attached hydrogen (secondary N) is 1. The van der Waals surface area contributed by atoms with Crippen molar-refractivity contribution in [3.05, 3.63) is 0 Å². The van der Waals surface area contributed by atoms with Gasteiger partial charge in [0.15, 0.2) is 0 Å². The van der Waals surface area contributed by atoms with Crippen molar-refractivity contribution in [2.24, 2.45) is 0 Å². The van der Waals surface area contributed by atoms with Gasteiger partial charge < -0.3 is 10.1 Å². The standard InChI is InChI=1S/C24H47NO2/c1-2-3-4-5-6-7-8-9-10-11-12-15-18-21-24(27)25-22-19-16-13-14-17-20-23-26/h23H,2-22H2,1H3,(H,25,27). The highest BCUT2D eigenvalue weighted by Crippen LogP contribution is 2.13. The number of unbranched alkanes of at least 4 members (excludes halogenated alkanes) is 17. The number of hydrogen-bond acceptors (Lipinski definition) is 2. The maximum atomic E-state index is 11.8. The van der Waals surface area contributed by atoms with Crippen molar-refractivity contribution in [2.75, 3.05) is 6.54 Å². The van der Waals surface area contributed by atoms with E-state index in [1.807, 2.05) is 0 Å². The third-order valence-electron chi connectivity index (χ3n) is 5.33. The molecule has 160 valence electrons. The Morgan fingerprint density at radius 2 is 1.07 bits per heavy atom. The molecule has 0 bridgehead atoms. The fraction of sp³-hybridized carbons (Fsp3) is 0.917. The molecule has 3 heteroatoms. The van der Waals surface area contributed by atoms with Crippen molar-refractivity contribution in [3.8, 4) is 0 Å². The Balaban J connectivity index is 3.13. The molecule has 0 rings (SSSR count). The van der Waals surface area contributed by atoms with E-state index < -0.39 is 0 Å². The van der Waals surface area contributed by atoms with Gasteiger partial charge in [0.25, 0.3) is 0 Å². The van der Waals surface area contributed by atoms with Gasteiger partial charge in [0.1, 0.15) is 6.29 Å². The predicted molar refractivity (Wildman–Crippen MR) is 117 cm³/mol. The largest absolute Gasteiger partial charge is 0.356 e. The molecule has 0 aromatic heterocycles. The van der Waals surface area contributed by atoms with Crippen molar-refractivity contribution >= 4 is 12.2 Å². The molecule has 0 heterocycles. The lowest BCUT2D eigenvalue weighted by Crippen LogP contribution is -2.23. The molecule has 0 aliphatic rings. The highest BCUT2D eigenvalue weighted by molar-refractivity contribution is 5.75. The van der Waals surface area contributed by atoms with Crippen molar-refractivity contribution in [3.63, 3.8) is 0 Å². The van der Waals surface area contributed by atoms with Crippen LogP contribution in [-0.4, -0.2) is 18.7 Å². The summed E-state index contributed by atoms with van der Waals surface area (Å²) >= 11 is 0. The normalized spacial score (nSPS) is 10.9. The van der Waals surface area contributed by atoms with E-state index in [4.69, 9.17) is 0 Å². The number of hydrogen-bond donors (Lipinski definition) is 1. The van der Waals surface area contributed by atoms with E-state index in [-0.39, 0.29) is 5.91 Å². The number of amides is 1. The zero-order chi connectivity index (χ0) is 19.8. The topological polar surface area (TPSA) is 46.2 Å². The third-order valence-corrected chi connectivity index (χ3v) is 5.33. The maximum Gasteiger partial charge on any atom is 0.219 e. The van der Waals surface area contributed by atoms with Crippen molar-refractivity contribution in [1.82, 2.24) is 5.32 Å². The highest BCUT2D eigenvalue weighted by atomic mass is 16.1. The molecule has 0 atom stereocenters. The SMILES string of the molecule is CCCCCCCCCCCCCCCC(=O)NCCCCCCCC=O. The fourth-order valence-electron chi connectivity index (χ4n) is 3.50. The molecule has 0 aliphatic carbocycles. The van der Waals surface area contributed by atoms with Gasteiger partial charge in [-0.15, -0.1) is 0 Å². The van der Waals surface area contributed by atoms with E-state index in [0.29, 0.717) is 12.8 Å². The van der Waals surface area contributed by atoms with Gasteiger partial charge in [0.2, 0.25) is 5.91 Å². The first-order chi connectivity index (χ1) is 13.3. The van der Waals surface area contributed by atoms with E-state index in [1.165, 1.54) is 83.5 Å². The van der Waals surface area contributed by atoms with Crippen molar-refractivity contribution in [1.29, 1.82) is 0 Å². The summed E-state index contributed by atoms with van der Waals surface area (Å²) in [5.74, 6) is 0.221. The lowest BCUT2D eigenvalue weighted by atomic mass is 10.0. The summed E-state index contributed by atoms with van der Waals surface area (Å²) in [6.45, 7) is 3.08. The number of carbonyl (C=O) groups is 2. The van der Waals surface area contributed by atoms with Crippen LogP contribution in [0.1, 0.15) is 135 Å². The van der Waals surface area contributed by atoms with E-state index in [1.54, 1.807) is 0 Å². The van der Waals surface area contributed by atoms with Crippen LogP contribution in [0.2, 0.25) is 0 Å². The zero-order valence-electron chi connectivity index (χ0n) is 18.2. The molecule has 1 amide bonds. The van der Waals surface area contributed by atoms with E-state index in [9.17, 15) is 9.59 Å². The molecule has 0 fully saturated rings. The minimum Gasteiger partial charge on any atom is -0.356 e. The van der Waals surface area contributed by atoms with Crippen LogP contribution in [0.4, 0.5) is 0 Å². The Hall–Kier alpha value is -0.860. The summed E-state index contributed by atoms with van der Waals surface area (Å²) in [4.78, 5) is 22.0. The zero-order valence-corrected chi connectivity index (χ0v) is 18.2. The molecular formula is C24H47NO2. The van der Waals surface area contributed by atoms with Gasteiger partial charge >= 0.3 is 0 Å². The number of carbonyl (C=O) groups excluding carboxylic acids is 2. The van der Waals surface area contributed by atoms with Crippen LogP contribution < -0.4 is 5.32 Å².